The third-order valence-corrected chi connectivity index (χ3v) is 8.53. The van der Waals surface area contributed by atoms with Gasteiger partial charge in [-0.3, -0.25) is 4.72 Å². The first-order chi connectivity index (χ1) is 17.0. The molecular formula is C26H23N5O3S. The number of anilines is 1. The minimum atomic E-state index is -3.33. The van der Waals surface area contributed by atoms with E-state index < -0.39 is 10.0 Å². The Labute approximate surface area is 203 Å². The molecule has 0 unspecified atom stereocenters. The summed E-state index contributed by atoms with van der Waals surface area (Å²) in [5, 5.41) is 10.7. The van der Waals surface area contributed by atoms with Crippen molar-refractivity contribution in [2.75, 3.05) is 4.72 Å². The molecule has 0 bridgehead atoms. The lowest BCUT2D eigenvalue weighted by Crippen LogP contribution is -2.18. The minimum absolute atomic E-state index is 0.263. The summed E-state index contributed by atoms with van der Waals surface area (Å²) in [7, 11) is -3.33. The maximum atomic E-state index is 12.3. The standard InChI is InChI=1S/C26H23N5O3S/c27-16-23-22-12-9-20(34-26-28-13-2-14-29-26)15-24(22)31(19-3-1-4-19)25(23)17-5-7-18(8-6-17)30-35(32,33)21-10-11-21/h2,5-9,12-15,19,21,30H,1,3-4,10-11H2. The highest BCUT2D eigenvalue weighted by molar-refractivity contribution is 7.93. The Kier molecular flexibility index (Phi) is 5.19. The van der Waals surface area contributed by atoms with Gasteiger partial charge in [-0.15, -0.1) is 0 Å². The molecule has 9 heteroatoms. The van der Waals surface area contributed by atoms with E-state index in [1.165, 1.54) is 0 Å². The average molecular weight is 486 g/mol. The summed E-state index contributed by atoms with van der Waals surface area (Å²) in [6, 6.07) is 17.6. The summed E-state index contributed by atoms with van der Waals surface area (Å²) < 4.78 is 35.4. The predicted octanol–water partition coefficient (Wildman–Crippen LogP) is 5.39. The molecule has 2 aromatic carbocycles. The van der Waals surface area contributed by atoms with Gasteiger partial charge >= 0.3 is 6.01 Å². The molecule has 6 rings (SSSR count). The van der Waals surface area contributed by atoms with Crippen molar-refractivity contribution in [1.29, 1.82) is 5.26 Å². The molecule has 0 aliphatic heterocycles. The SMILES string of the molecule is N#Cc1c(-c2ccc(NS(=O)(=O)C3CC3)cc2)n(C2CCC2)c2cc(Oc3ncccn3)ccc12. The third kappa shape index (κ3) is 4.00. The molecule has 0 atom stereocenters. The van der Waals surface area contributed by atoms with Gasteiger partial charge in [-0.2, -0.15) is 5.26 Å². The number of ether oxygens (including phenoxy) is 1. The van der Waals surface area contributed by atoms with Gasteiger partial charge in [0.2, 0.25) is 10.0 Å². The van der Waals surface area contributed by atoms with Crippen LogP contribution in [0.4, 0.5) is 5.69 Å². The third-order valence-electron chi connectivity index (χ3n) is 6.66. The minimum Gasteiger partial charge on any atom is -0.424 e. The number of rotatable bonds is 7. The Morgan fingerprint density at radius 1 is 1.03 bits per heavy atom. The van der Waals surface area contributed by atoms with Gasteiger partial charge in [-0.1, -0.05) is 12.1 Å². The van der Waals surface area contributed by atoms with Crippen LogP contribution in [-0.4, -0.2) is 28.2 Å². The van der Waals surface area contributed by atoms with E-state index in [0.717, 1.165) is 41.4 Å². The molecule has 2 aliphatic rings. The van der Waals surface area contributed by atoms with Crippen molar-refractivity contribution in [1.82, 2.24) is 14.5 Å². The number of sulfonamides is 1. The number of nitrogens with one attached hydrogen (secondary N) is 1. The van der Waals surface area contributed by atoms with E-state index in [1.54, 1.807) is 30.6 Å². The molecular weight excluding hydrogens is 462 g/mol. The highest BCUT2D eigenvalue weighted by atomic mass is 32.2. The maximum Gasteiger partial charge on any atom is 0.321 e. The lowest BCUT2D eigenvalue weighted by atomic mass is 9.92. The fourth-order valence-electron chi connectivity index (χ4n) is 4.54. The molecule has 2 saturated carbocycles. The number of nitrogens with zero attached hydrogens (tertiary/aromatic N) is 4. The highest BCUT2D eigenvalue weighted by Crippen LogP contribution is 2.43. The topological polar surface area (TPSA) is 110 Å². The first kappa shape index (κ1) is 21.6. The zero-order valence-electron chi connectivity index (χ0n) is 18.9. The fraction of sp³-hybridized carbons (Fsp3) is 0.269. The van der Waals surface area contributed by atoms with Gasteiger partial charge in [0.15, 0.2) is 0 Å². The molecule has 1 N–H and O–H groups in total. The van der Waals surface area contributed by atoms with Crippen LogP contribution in [0.25, 0.3) is 22.2 Å². The van der Waals surface area contributed by atoms with Gasteiger partial charge in [0, 0.05) is 35.6 Å². The van der Waals surface area contributed by atoms with Crippen LogP contribution in [0, 0.1) is 11.3 Å². The molecule has 2 fully saturated rings. The summed E-state index contributed by atoms with van der Waals surface area (Å²) in [5.41, 5.74) is 3.77. The van der Waals surface area contributed by atoms with Gasteiger partial charge in [-0.25, -0.2) is 18.4 Å². The Morgan fingerprint density at radius 2 is 1.77 bits per heavy atom. The Balaban J connectivity index is 1.43. The van der Waals surface area contributed by atoms with Crippen LogP contribution in [-0.2, 0) is 10.0 Å². The summed E-state index contributed by atoms with van der Waals surface area (Å²) in [6.45, 7) is 0. The monoisotopic (exact) mass is 485 g/mol. The van der Waals surface area contributed by atoms with Crippen LogP contribution in [0.1, 0.15) is 43.7 Å². The molecule has 0 saturated heterocycles. The second kappa shape index (κ2) is 8.40. The van der Waals surface area contributed by atoms with Crippen molar-refractivity contribution >= 4 is 26.6 Å². The number of aromatic nitrogens is 3. The Hall–Kier alpha value is -3.90. The van der Waals surface area contributed by atoms with Crippen LogP contribution in [0.15, 0.2) is 60.9 Å². The number of hydrogen-bond acceptors (Lipinski definition) is 6. The van der Waals surface area contributed by atoms with Gasteiger partial charge in [0.25, 0.3) is 0 Å². The van der Waals surface area contributed by atoms with Crippen LogP contribution < -0.4 is 9.46 Å². The van der Waals surface area contributed by atoms with E-state index in [1.807, 2.05) is 30.3 Å². The molecule has 0 amide bonds. The van der Waals surface area contributed by atoms with Crippen LogP contribution in [0.2, 0.25) is 0 Å². The first-order valence-electron chi connectivity index (χ1n) is 11.7. The molecule has 176 valence electrons. The molecule has 2 heterocycles. The van der Waals surface area contributed by atoms with Gasteiger partial charge in [-0.05, 0) is 68.0 Å². The summed E-state index contributed by atoms with van der Waals surface area (Å²) in [5.74, 6) is 0.600. The van der Waals surface area contributed by atoms with Crippen molar-refractivity contribution in [3.8, 4) is 29.1 Å². The van der Waals surface area contributed by atoms with E-state index in [2.05, 4.69) is 25.3 Å². The van der Waals surface area contributed by atoms with Crippen molar-refractivity contribution in [3.63, 3.8) is 0 Å². The molecule has 4 aromatic rings. The molecule has 35 heavy (non-hydrogen) atoms. The quantitative estimate of drug-likeness (QED) is 0.376. The average Bonchev–Trinajstić information content (AvgIpc) is 3.64. The van der Waals surface area contributed by atoms with Crippen LogP contribution >= 0.6 is 0 Å². The second-order valence-corrected chi connectivity index (χ2v) is 11.0. The van der Waals surface area contributed by atoms with Gasteiger partial charge in [0.05, 0.1) is 22.0 Å². The van der Waals surface area contributed by atoms with Crippen molar-refractivity contribution < 1.29 is 13.2 Å². The lowest BCUT2D eigenvalue weighted by Gasteiger charge is -2.30. The smallest absolute Gasteiger partial charge is 0.321 e. The van der Waals surface area contributed by atoms with E-state index in [9.17, 15) is 13.7 Å². The van der Waals surface area contributed by atoms with Crippen molar-refractivity contribution in [3.05, 3.63) is 66.5 Å². The zero-order valence-corrected chi connectivity index (χ0v) is 19.7. The summed E-state index contributed by atoms with van der Waals surface area (Å²) in [6.07, 6.45) is 7.88. The van der Waals surface area contributed by atoms with Crippen molar-refractivity contribution in [2.24, 2.45) is 0 Å². The van der Waals surface area contributed by atoms with Gasteiger partial charge < -0.3 is 9.30 Å². The van der Waals surface area contributed by atoms with E-state index in [4.69, 9.17) is 4.74 Å². The number of hydrogen-bond donors (Lipinski definition) is 1. The van der Waals surface area contributed by atoms with E-state index in [-0.39, 0.29) is 17.3 Å². The summed E-state index contributed by atoms with van der Waals surface area (Å²) >= 11 is 0. The number of benzene rings is 2. The molecule has 0 spiro atoms. The molecule has 2 aliphatic carbocycles. The van der Waals surface area contributed by atoms with E-state index in [0.29, 0.717) is 29.8 Å². The zero-order chi connectivity index (χ0) is 24.0. The Bertz CT molecular complexity index is 1550. The highest BCUT2D eigenvalue weighted by Gasteiger charge is 2.35. The normalized spacial score (nSPS) is 16.0. The van der Waals surface area contributed by atoms with Gasteiger partial charge in [0.1, 0.15) is 11.8 Å². The molecule has 2 aromatic heterocycles. The first-order valence-corrected chi connectivity index (χ1v) is 13.2. The lowest BCUT2D eigenvalue weighted by molar-refractivity contribution is 0.324. The molecule has 0 radical (unpaired) electrons. The van der Waals surface area contributed by atoms with Crippen LogP contribution in [0.5, 0.6) is 11.8 Å². The van der Waals surface area contributed by atoms with E-state index >= 15 is 0 Å². The summed E-state index contributed by atoms with van der Waals surface area (Å²) in [4.78, 5) is 8.26. The second-order valence-electron chi connectivity index (χ2n) is 9.03. The maximum absolute atomic E-state index is 12.3. The number of fused-ring (bicyclic) bond motifs is 1. The Morgan fingerprint density at radius 3 is 2.40 bits per heavy atom. The van der Waals surface area contributed by atoms with Crippen LogP contribution in [0.3, 0.4) is 0 Å². The number of nitriles is 1. The largest absolute Gasteiger partial charge is 0.424 e. The molecule has 8 nitrogen and oxygen atoms in total. The fourth-order valence-corrected chi connectivity index (χ4v) is 5.93. The predicted molar refractivity (Wildman–Crippen MR) is 133 cm³/mol. The van der Waals surface area contributed by atoms with Crippen molar-refractivity contribution in [2.45, 2.75) is 43.4 Å².